The van der Waals surface area contributed by atoms with Crippen molar-refractivity contribution >= 4 is 46.0 Å². The van der Waals surface area contributed by atoms with Gasteiger partial charge < -0.3 is 10.6 Å². The highest BCUT2D eigenvalue weighted by Crippen LogP contribution is 2.28. The van der Waals surface area contributed by atoms with E-state index in [-0.39, 0.29) is 11.8 Å². The zero-order chi connectivity index (χ0) is 28.4. The molecule has 210 valence electrons. The number of nitrogens with zero attached hydrogens (tertiary/aromatic N) is 3. The Morgan fingerprint density at radius 3 is 2.36 bits per heavy atom. The topological polar surface area (TPSA) is 125 Å². The SMILES string of the molecule is CC(Cc1ccccc1)C[C@@H](C(=O)N[C@H](C(=O)Nc1nccs1)C(C)(C)C)[C@H](CCc1nccs1)N(O)C=O. The molecule has 1 unspecified atom stereocenters. The maximum atomic E-state index is 13.9. The molecule has 1 aromatic carbocycles. The van der Waals surface area contributed by atoms with Gasteiger partial charge in [-0.25, -0.2) is 15.0 Å². The molecule has 0 fully saturated rings. The number of benzene rings is 1. The van der Waals surface area contributed by atoms with E-state index in [1.807, 2.05) is 63.4 Å². The second kappa shape index (κ2) is 14.3. The summed E-state index contributed by atoms with van der Waals surface area (Å²) in [7, 11) is 0. The first-order chi connectivity index (χ1) is 18.6. The number of amides is 3. The van der Waals surface area contributed by atoms with Crippen LogP contribution in [-0.4, -0.2) is 50.5 Å². The van der Waals surface area contributed by atoms with Crippen LogP contribution in [0.5, 0.6) is 0 Å². The number of carbonyl (C=O) groups excluding carboxylic acids is 3. The van der Waals surface area contributed by atoms with E-state index in [2.05, 4.69) is 20.6 Å². The van der Waals surface area contributed by atoms with Crippen LogP contribution in [0.1, 0.15) is 51.1 Å². The zero-order valence-corrected chi connectivity index (χ0v) is 24.4. The normalized spacial score (nSPS) is 14.6. The van der Waals surface area contributed by atoms with Crippen molar-refractivity contribution in [2.75, 3.05) is 5.32 Å². The van der Waals surface area contributed by atoms with Gasteiger partial charge in [-0.05, 0) is 36.2 Å². The number of hydroxylamine groups is 2. The summed E-state index contributed by atoms with van der Waals surface area (Å²) in [6, 6.07) is 8.30. The minimum Gasteiger partial charge on any atom is -0.343 e. The first-order valence-electron chi connectivity index (χ1n) is 12.9. The van der Waals surface area contributed by atoms with E-state index >= 15 is 0 Å². The fraction of sp³-hybridized carbons (Fsp3) is 0.464. The molecule has 3 N–H and O–H groups in total. The van der Waals surface area contributed by atoms with Crippen LogP contribution < -0.4 is 10.6 Å². The largest absolute Gasteiger partial charge is 0.343 e. The van der Waals surface area contributed by atoms with Gasteiger partial charge >= 0.3 is 0 Å². The lowest BCUT2D eigenvalue weighted by Gasteiger charge is -2.35. The van der Waals surface area contributed by atoms with Crippen LogP contribution in [0.15, 0.2) is 53.5 Å². The minimum absolute atomic E-state index is 0.0581. The Labute approximate surface area is 237 Å². The van der Waals surface area contributed by atoms with Crippen molar-refractivity contribution in [3.05, 3.63) is 64.1 Å². The summed E-state index contributed by atoms with van der Waals surface area (Å²) >= 11 is 2.77. The number of carbonyl (C=O) groups is 3. The molecule has 0 spiro atoms. The first kappa shape index (κ1) is 30.4. The van der Waals surface area contributed by atoms with Gasteiger partial charge in [-0.1, -0.05) is 58.0 Å². The molecule has 0 radical (unpaired) electrons. The number of rotatable bonds is 14. The Bertz CT molecular complexity index is 1170. The van der Waals surface area contributed by atoms with E-state index in [9.17, 15) is 19.6 Å². The van der Waals surface area contributed by atoms with Crippen LogP contribution >= 0.6 is 22.7 Å². The average Bonchev–Trinajstić information content (AvgIpc) is 3.60. The van der Waals surface area contributed by atoms with Gasteiger partial charge in [-0.3, -0.25) is 19.6 Å². The Balaban J connectivity index is 1.86. The summed E-state index contributed by atoms with van der Waals surface area (Å²) in [6.45, 7) is 7.66. The Morgan fingerprint density at radius 2 is 1.77 bits per heavy atom. The van der Waals surface area contributed by atoms with Crippen molar-refractivity contribution in [1.82, 2.24) is 20.3 Å². The number of aryl methyl sites for hydroxylation is 1. The van der Waals surface area contributed by atoms with E-state index in [1.54, 1.807) is 17.8 Å². The molecule has 0 saturated carbocycles. The van der Waals surface area contributed by atoms with Gasteiger partial charge in [0.05, 0.1) is 17.0 Å². The summed E-state index contributed by atoms with van der Waals surface area (Å²) in [6.07, 6.45) is 5.60. The predicted octanol–water partition coefficient (Wildman–Crippen LogP) is 4.80. The molecule has 11 heteroatoms. The van der Waals surface area contributed by atoms with Crippen LogP contribution in [0, 0.1) is 17.3 Å². The van der Waals surface area contributed by atoms with Gasteiger partial charge in [0, 0.05) is 29.6 Å². The monoisotopic (exact) mass is 571 g/mol. The summed E-state index contributed by atoms with van der Waals surface area (Å²) in [5, 5.41) is 21.9. The summed E-state index contributed by atoms with van der Waals surface area (Å²) < 4.78 is 0. The van der Waals surface area contributed by atoms with Crippen LogP contribution in [0.2, 0.25) is 0 Å². The predicted molar refractivity (Wildman–Crippen MR) is 153 cm³/mol. The molecule has 39 heavy (non-hydrogen) atoms. The number of anilines is 1. The van der Waals surface area contributed by atoms with E-state index in [1.165, 1.54) is 22.7 Å². The molecule has 3 amide bonds. The Hall–Kier alpha value is -3.15. The number of thiazole rings is 2. The molecule has 2 aromatic heterocycles. The van der Waals surface area contributed by atoms with Crippen molar-refractivity contribution in [2.45, 2.75) is 65.5 Å². The Kier molecular flexibility index (Phi) is 11.1. The fourth-order valence-electron chi connectivity index (χ4n) is 4.60. The number of hydrogen-bond acceptors (Lipinski definition) is 8. The highest BCUT2D eigenvalue weighted by molar-refractivity contribution is 7.13. The molecule has 4 atom stereocenters. The average molecular weight is 572 g/mol. The fourth-order valence-corrected chi connectivity index (χ4v) is 5.77. The lowest BCUT2D eigenvalue weighted by molar-refractivity contribution is -0.169. The molecular weight excluding hydrogens is 534 g/mol. The van der Waals surface area contributed by atoms with Gasteiger partial charge in [0.15, 0.2) is 5.13 Å². The van der Waals surface area contributed by atoms with Crippen molar-refractivity contribution in [1.29, 1.82) is 0 Å². The molecular formula is C28H37N5O4S2. The molecule has 0 saturated heterocycles. The number of aromatic nitrogens is 2. The third kappa shape index (κ3) is 9.22. The molecule has 3 rings (SSSR count). The Morgan fingerprint density at radius 1 is 1.08 bits per heavy atom. The lowest BCUT2D eigenvalue weighted by Crippen LogP contribution is -2.55. The lowest BCUT2D eigenvalue weighted by atomic mass is 9.82. The van der Waals surface area contributed by atoms with E-state index < -0.39 is 29.3 Å². The molecule has 0 bridgehead atoms. The highest BCUT2D eigenvalue weighted by Gasteiger charge is 2.39. The van der Waals surface area contributed by atoms with Crippen LogP contribution in [0.3, 0.4) is 0 Å². The van der Waals surface area contributed by atoms with E-state index in [4.69, 9.17) is 0 Å². The smallest absolute Gasteiger partial charge is 0.249 e. The van der Waals surface area contributed by atoms with Crippen molar-refractivity contribution in [3.8, 4) is 0 Å². The van der Waals surface area contributed by atoms with Crippen LogP contribution in [-0.2, 0) is 27.2 Å². The molecule has 0 aliphatic heterocycles. The quantitative estimate of drug-likeness (QED) is 0.145. The molecule has 9 nitrogen and oxygen atoms in total. The molecule has 0 aliphatic carbocycles. The summed E-state index contributed by atoms with van der Waals surface area (Å²) in [5.74, 6) is -1.48. The second-order valence-electron chi connectivity index (χ2n) is 10.8. The third-order valence-electron chi connectivity index (χ3n) is 6.55. The van der Waals surface area contributed by atoms with Crippen molar-refractivity contribution in [2.24, 2.45) is 17.3 Å². The first-order valence-corrected chi connectivity index (χ1v) is 14.7. The van der Waals surface area contributed by atoms with Gasteiger partial charge in [0.1, 0.15) is 6.04 Å². The molecule has 3 aromatic rings. The van der Waals surface area contributed by atoms with Gasteiger partial charge in [0.2, 0.25) is 18.2 Å². The summed E-state index contributed by atoms with van der Waals surface area (Å²) in [4.78, 5) is 47.3. The van der Waals surface area contributed by atoms with Crippen LogP contribution in [0.25, 0.3) is 0 Å². The number of nitrogens with one attached hydrogen (secondary N) is 2. The zero-order valence-electron chi connectivity index (χ0n) is 22.7. The molecule has 2 heterocycles. The van der Waals surface area contributed by atoms with Gasteiger partial charge in [-0.15, -0.1) is 22.7 Å². The van der Waals surface area contributed by atoms with Gasteiger partial charge in [0.25, 0.3) is 0 Å². The summed E-state index contributed by atoms with van der Waals surface area (Å²) in [5.41, 5.74) is 0.520. The molecule has 0 aliphatic rings. The van der Waals surface area contributed by atoms with Crippen molar-refractivity contribution < 1.29 is 19.6 Å². The van der Waals surface area contributed by atoms with E-state index in [0.29, 0.717) is 35.9 Å². The maximum absolute atomic E-state index is 13.9. The van der Waals surface area contributed by atoms with Crippen LogP contribution in [0.4, 0.5) is 5.13 Å². The highest BCUT2D eigenvalue weighted by atomic mass is 32.1. The minimum atomic E-state index is -0.871. The van der Waals surface area contributed by atoms with E-state index in [0.717, 1.165) is 17.0 Å². The van der Waals surface area contributed by atoms with Gasteiger partial charge in [-0.2, -0.15) is 0 Å². The maximum Gasteiger partial charge on any atom is 0.249 e. The third-order valence-corrected chi connectivity index (χ3v) is 8.07. The second-order valence-corrected chi connectivity index (χ2v) is 12.7. The standard InChI is InChI=1S/C28H37N5O4S2/c1-19(16-20-8-6-5-7-9-20)17-21(22(33(37)18-34)10-11-23-29-12-14-38-23)25(35)31-24(28(2,3)4)26(36)32-27-30-13-15-39-27/h5-9,12-15,18-19,21-22,24,37H,10-11,16-17H2,1-4H3,(H,31,35)(H,30,32,36)/t19?,21-,22+,24-/m1/s1. The number of hydrogen-bond donors (Lipinski definition) is 3. The van der Waals surface area contributed by atoms with Crippen molar-refractivity contribution in [3.63, 3.8) is 0 Å².